The van der Waals surface area contributed by atoms with Crippen molar-refractivity contribution in [1.82, 2.24) is 25.3 Å². The van der Waals surface area contributed by atoms with Crippen LogP contribution < -0.4 is 10.2 Å². The van der Waals surface area contributed by atoms with E-state index in [-0.39, 0.29) is 11.8 Å². The van der Waals surface area contributed by atoms with E-state index in [1.54, 1.807) is 12.7 Å². The Bertz CT molecular complexity index is 991. The topological polar surface area (TPSA) is 86.8 Å². The quantitative estimate of drug-likeness (QED) is 0.730. The maximum Gasteiger partial charge on any atom is 0.227 e. The van der Waals surface area contributed by atoms with Crippen molar-refractivity contribution in [3.8, 4) is 0 Å². The van der Waals surface area contributed by atoms with E-state index >= 15 is 0 Å². The van der Waals surface area contributed by atoms with E-state index in [0.29, 0.717) is 11.6 Å². The molecule has 7 nitrogen and oxygen atoms in total. The molecule has 1 fully saturated rings. The molecule has 1 aromatic carbocycles. The highest BCUT2D eigenvalue weighted by atomic mass is 16.1. The third-order valence-corrected chi connectivity index (χ3v) is 6.13. The minimum Gasteiger partial charge on any atom is -0.355 e. The van der Waals surface area contributed by atoms with E-state index < -0.39 is 0 Å². The molecule has 0 spiro atoms. The van der Waals surface area contributed by atoms with Crippen molar-refractivity contribution in [3.63, 3.8) is 0 Å². The third kappa shape index (κ3) is 3.10. The standard InChI is InChI=1S/C21H24N6O/c28-21(17-6-5-15-3-1-2-4-16(15)17)22-11-14-7-9-27(10-8-14)20-18-19(24-12-23-18)25-13-26-20/h1-4,12-14,17H,5-11H2,(H,22,28)(H,23,24,25,26). The van der Waals surface area contributed by atoms with E-state index in [1.165, 1.54) is 11.1 Å². The number of piperidine rings is 1. The Morgan fingerprint density at radius 3 is 2.89 bits per heavy atom. The van der Waals surface area contributed by atoms with Gasteiger partial charge in [-0.3, -0.25) is 4.79 Å². The summed E-state index contributed by atoms with van der Waals surface area (Å²) in [5.74, 6) is 1.64. The second kappa shape index (κ2) is 7.22. The average molecular weight is 376 g/mol. The second-order valence-corrected chi connectivity index (χ2v) is 7.76. The van der Waals surface area contributed by atoms with Crippen LogP contribution in [0.1, 0.15) is 36.3 Å². The number of carbonyl (C=O) groups is 1. The summed E-state index contributed by atoms with van der Waals surface area (Å²) in [7, 11) is 0. The van der Waals surface area contributed by atoms with Gasteiger partial charge in [0.15, 0.2) is 11.5 Å². The van der Waals surface area contributed by atoms with Crippen LogP contribution in [0, 0.1) is 5.92 Å². The third-order valence-electron chi connectivity index (χ3n) is 6.13. The molecule has 0 saturated carbocycles. The Hall–Kier alpha value is -2.96. The molecule has 0 bridgehead atoms. The van der Waals surface area contributed by atoms with Gasteiger partial charge in [-0.2, -0.15) is 0 Å². The van der Waals surface area contributed by atoms with Crippen LogP contribution in [0.4, 0.5) is 5.82 Å². The molecule has 3 heterocycles. The van der Waals surface area contributed by atoms with Crippen LogP contribution in [-0.4, -0.2) is 45.5 Å². The predicted octanol–water partition coefficient (Wildman–Crippen LogP) is 2.42. The van der Waals surface area contributed by atoms with E-state index in [2.05, 4.69) is 48.4 Å². The maximum atomic E-state index is 12.7. The Kier molecular flexibility index (Phi) is 4.43. The Labute approximate surface area is 163 Å². The molecule has 1 saturated heterocycles. The summed E-state index contributed by atoms with van der Waals surface area (Å²) in [4.78, 5) is 31.0. The highest BCUT2D eigenvalue weighted by Crippen LogP contribution is 2.33. The van der Waals surface area contributed by atoms with Crippen molar-refractivity contribution in [2.75, 3.05) is 24.5 Å². The lowest BCUT2D eigenvalue weighted by Crippen LogP contribution is -2.40. The van der Waals surface area contributed by atoms with Crippen LogP contribution in [0.15, 0.2) is 36.9 Å². The number of nitrogens with zero attached hydrogens (tertiary/aromatic N) is 4. The molecule has 0 radical (unpaired) electrons. The largest absolute Gasteiger partial charge is 0.355 e. The number of benzene rings is 1. The molecule has 1 aliphatic carbocycles. The first-order chi connectivity index (χ1) is 13.8. The summed E-state index contributed by atoms with van der Waals surface area (Å²) in [6.07, 6.45) is 7.25. The second-order valence-electron chi connectivity index (χ2n) is 7.76. The van der Waals surface area contributed by atoms with Crippen LogP contribution in [0.2, 0.25) is 0 Å². The maximum absolute atomic E-state index is 12.7. The van der Waals surface area contributed by atoms with Crippen LogP contribution in [0.25, 0.3) is 11.2 Å². The fourth-order valence-electron chi connectivity index (χ4n) is 4.54. The van der Waals surface area contributed by atoms with Crippen LogP contribution in [0.5, 0.6) is 0 Å². The zero-order valence-corrected chi connectivity index (χ0v) is 15.8. The molecule has 28 heavy (non-hydrogen) atoms. The summed E-state index contributed by atoms with van der Waals surface area (Å²) in [6, 6.07) is 8.33. The molecule has 144 valence electrons. The highest BCUT2D eigenvalue weighted by molar-refractivity contribution is 5.85. The smallest absolute Gasteiger partial charge is 0.227 e. The SMILES string of the molecule is O=C(NCC1CCN(c2ncnc3nc[nH]c23)CC1)C1CCc2ccccc21. The van der Waals surface area contributed by atoms with Crippen LogP contribution >= 0.6 is 0 Å². The lowest BCUT2D eigenvalue weighted by Gasteiger charge is -2.33. The van der Waals surface area contributed by atoms with Gasteiger partial charge in [0.25, 0.3) is 0 Å². The number of aryl methyl sites for hydroxylation is 1. The summed E-state index contributed by atoms with van der Waals surface area (Å²) in [5.41, 5.74) is 4.14. The fourth-order valence-corrected chi connectivity index (χ4v) is 4.54. The number of aromatic nitrogens is 4. The Morgan fingerprint density at radius 2 is 2.00 bits per heavy atom. The van der Waals surface area contributed by atoms with Crippen molar-refractivity contribution in [2.24, 2.45) is 5.92 Å². The van der Waals surface area contributed by atoms with Gasteiger partial charge in [-0.05, 0) is 42.7 Å². The monoisotopic (exact) mass is 376 g/mol. The van der Waals surface area contributed by atoms with E-state index in [0.717, 1.165) is 56.7 Å². The number of rotatable bonds is 4. The van der Waals surface area contributed by atoms with Crippen molar-refractivity contribution >= 4 is 22.9 Å². The molecule has 1 aliphatic heterocycles. The van der Waals surface area contributed by atoms with Crippen molar-refractivity contribution in [2.45, 2.75) is 31.6 Å². The molecule has 1 amide bonds. The lowest BCUT2D eigenvalue weighted by atomic mass is 9.95. The lowest BCUT2D eigenvalue weighted by molar-refractivity contribution is -0.122. The normalized spacial score (nSPS) is 19.7. The van der Waals surface area contributed by atoms with Gasteiger partial charge in [-0.25, -0.2) is 15.0 Å². The fraction of sp³-hybridized carbons (Fsp3) is 0.429. The molecule has 1 atom stereocenters. The first-order valence-corrected chi connectivity index (χ1v) is 10.0. The number of anilines is 1. The molecule has 3 aromatic rings. The summed E-state index contributed by atoms with van der Waals surface area (Å²) < 4.78 is 0. The molecular formula is C21H24N6O. The average Bonchev–Trinajstić information content (AvgIpc) is 3.39. The van der Waals surface area contributed by atoms with Crippen LogP contribution in [-0.2, 0) is 11.2 Å². The summed E-state index contributed by atoms with van der Waals surface area (Å²) in [5, 5.41) is 3.22. The summed E-state index contributed by atoms with van der Waals surface area (Å²) >= 11 is 0. The van der Waals surface area contributed by atoms with Gasteiger partial charge in [-0.1, -0.05) is 24.3 Å². The molecule has 2 aromatic heterocycles. The summed E-state index contributed by atoms with van der Waals surface area (Å²) in [6.45, 7) is 2.62. The minimum atomic E-state index is 0.0194. The zero-order valence-electron chi connectivity index (χ0n) is 15.8. The number of imidazole rings is 1. The number of carbonyl (C=O) groups excluding carboxylic acids is 1. The van der Waals surface area contributed by atoms with Crippen LogP contribution in [0.3, 0.4) is 0 Å². The van der Waals surface area contributed by atoms with Gasteiger partial charge in [0.2, 0.25) is 5.91 Å². The van der Waals surface area contributed by atoms with E-state index in [1.807, 2.05) is 6.07 Å². The number of hydrogen-bond acceptors (Lipinski definition) is 5. The number of aromatic amines is 1. The predicted molar refractivity (Wildman–Crippen MR) is 107 cm³/mol. The van der Waals surface area contributed by atoms with Crippen molar-refractivity contribution in [3.05, 3.63) is 48.0 Å². The van der Waals surface area contributed by atoms with Gasteiger partial charge in [0, 0.05) is 19.6 Å². The first kappa shape index (κ1) is 17.2. The number of amides is 1. The van der Waals surface area contributed by atoms with Crippen molar-refractivity contribution < 1.29 is 4.79 Å². The number of fused-ring (bicyclic) bond motifs is 2. The Morgan fingerprint density at radius 1 is 1.14 bits per heavy atom. The molecule has 1 unspecified atom stereocenters. The van der Waals surface area contributed by atoms with Gasteiger partial charge < -0.3 is 15.2 Å². The molecule has 2 aliphatic rings. The zero-order chi connectivity index (χ0) is 18.9. The molecule has 5 rings (SSSR count). The minimum absolute atomic E-state index is 0.0194. The van der Waals surface area contributed by atoms with Crippen molar-refractivity contribution in [1.29, 1.82) is 0 Å². The van der Waals surface area contributed by atoms with Gasteiger partial charge >= 0.3 is 0 Å². The van der Waals surface area contributed by atoms with Gasteiger partial charge in [0.05, 0.1) is 12.2 Å². The highest BCUT2D eigenvalue weighted by Gasteiger charge is 2.29. The Balaban J connectivity index is 1.16. The number of H-pyrrole nitrogens is 1. The number of hydrogen-bond donors (Lipinski definition) is 2. The molecule has 7 heteroatoms. The van der Waals surface area contributed by atoms with E-state index in [9.17, 15) is 4.79 Å². The van der Waals surface area contributed by atoms with Gasteiger partial charge in [-0.15, -0.1) is 0 Å². The molecular weight excluding hydrogens is 352 g/mol. The molecule has 2 N–H and O–H groups in total. The first-order valence-electron chi connectivity index (χ1n) is 10.0. The van der Waals surface area contributed by atoms with Gasteiger partial charge in [0.1, 0.15) is 11.8 Å². The number of nitrogens with one attached hydrogen (secondary N) is 2. The van der Waals surface area contributed by atoms with E-state index in [4.69, 9.17) is 0 Å².